The minimum absolute atomic E-state index is 0.0165. The molecule has 2 aromatic carbocycles. The predicted molar refractivity (Wildman–Crippen MR) is 163 cm³/mol. The van der Waals surface area contributed by atoms with Crippen LogP contribution in [0.2, 0.25) is 0 Å². The highest BCUT2D eigenvalue weighted by molar-refractivity contribution is 6.41. The standard InChI is InChI=1S/C33H50N4/c1-22(2)25-15-13-16-26(23(3)4)29(25)35-31-30(36(11)19-14-20-37(31)12)34-28-21-24(32(5,6)7)17-18-27(28)33(8,9)10/h13,15-18,21-23H,14,19-20H2,1-12H3. The Morgan fingerprint density at radius 1 is 0.703 bits per heavy atom. The normalized spacial score (nSPS) is 17.9. The van der Waals surface area contributed by atoms with Crippen molar-refractivity contribution in [2.75, 3.05) is 27.2 Å². The van der Waals surface area contributed by atoms with Crippen LogP contribution in [0, 0.1) is 0 Å². The third kappa shape index (κ3) is 6.64. The van der Waals surface area contributed by atoms with Crippen molar-refractivity contribution in [3.63, 3.8) is 0 Å². The summed E-state index contributed by atoms with van der Waals surface area (Å²) in [5.74, 6) is 2.69. The first kappa shape index (κ1) is 28.9. The van der Waals surface area contributed by atoms with Crippen LogP contribution >= 0.6 is 0 Å². The van der Waals surface area contributed by atoms with Crippen molar-refractivity contribution >= 4 is 23.0 Å². The topological polar surface area (TPSA) is 31.2 Å². The molecule has 2 aromatic rings. The van der Waals surface area contributed by atoms with Crippen molar-refractivity contribution in [2.45, 2.75) is 98.3 Å². The molecule has 0 radical (unpaired) electrons. The Hall–Kier alpha value is -2.62. The summed E-state index contributed by atoms with van der Waals surface area (Å²) < 4.78 is 0. The summed E-state index contributed by atoms with van der Waals surface area (Å²) in [4.78, 5) is 15.5. The van der Waals surface area contributed by atoms with Gasteiger partial charge in [-0.15, -0.1) is 0 Å². The first-order chi connectivity index (χ1) is 17.1. The first-order valence-electron chi connectivity index (χ1n) is 14.0. The summed E-state index contributed by atoms with van der Waals surface area (Å²) in [7, 11) is 4.33. The highest BCUT2D eigenvalue weighted by atomic mass is 15.3. The second-order valence-corrected chi connectivity index (χ2v) is 13.4. The molecule has 4 nitrogen and oxygen atoms in total. The molecule has 3 rings (SSSR count). The van der Waals surface area contributed by atoms with Crippen molar-refractivity contribution in [3.05, 3.63) is 58.7 Å². The molecule has 1 aliphatic rings. The van der Waals surface area contributed by atoms with Crippen LogP contribution in [0.25, 0.3) is 0 Å². The van der Waals surface area contributed by atoms with Crippen LogP contribution in [0.15, 0.2) is 46.4 Å². The molecule has 1 saturated heterocycles. The maximum Gasteiger partial charge on any atom is 0.172 e. The number of para-hydroxylation sites is 1. The molecular formula is C33H50N4. The summed E-state index contributed by atoms with van der Waals surface area (Å²) in [6, 6.07) is 13.5. The van der Waals surface area contributed by atoms with Crippen LogP contribution in [0.4, 0.5) is 11.4 Å². The van der Waals surface area contributed by atoms with E-state index in [1.54, 1.807) is 0 Å². The average Bonchev–Trinajstić information content (AvgIpc) is 2.91. The largest absolute Gasteiger partial charge is 0.357 e. The number of aliphatic imine (C=N–C) groups is 2. The van der Waals surface area contributed by atoms with Crippen LogP contribution in [0.1, 0.15) is 110 Å². The number of hydrogen-bond donors (Lipinski definition) is 0. The van der Waals surface area contributed by atoms with Gasteiger partial charge in [0.25, 0.3) is 0 Å². The van der Waals surface area contributed by atoms with Gasteiger partial charge in [-0.3, -0.25) is 0 Å². The Kier molecular flexibility index (Phi) is 8.61. The molecule has 4 heteroatoms. The number of rotatable bonds is 4. The second kappa shape index (κ2) is 11.0. The van der Waals surface area contributed by atoms with E-state index < -0.39 is 0 Å². The fourth-order valence-corrected chi connectivity index (χ4v) is 4.95. The molecule has 1 aliphatic heterocycles. The molecule has 0 saturated carbocycles. The molecule has 0 bridgehead atoms. The van der Waals surface area contributed by atoms with E-state index >= 15 is 0 Å². The lowest BCUT2D eigenvalue weighted by atomic mass is 9.81. The van der Waals surface area contributed by atoms with Gasteiger partial charge in [0, 0.05) is 27.2 Å². The number of amidine groups is 2. The van der Waals surface area contributed by atoms with Gasteiger partial charge in [-0.1, -0.05) is 99.6 Å². The third-order valence-corrected chi connectivity index (χ3v) is 7.37. The van der Waals surface area contributed by atoms with Gasteiger partial charge < -0.3 is 9.80 Å². The SMILES string of the molecule is CC(C)c1cccc(C(C)C)c1N=C1C(=Nc2cc(C(C)(C)C)ccc2C(C)(C)C)N(C)CCCN1C. The average molecular weight is 503 g/mol. The van der Waals surface area contributed by atoms with E-state index in [1.165, 1.54) is 22.3 Å². The van der Waals surface area contributed by atoms with Crippen molar-refractivity contribution in [3.8, 4) is 0 Å². The zero-order chi connectivity index (χ0) is 27.7. The number of hydrogen-bond acceptors (Lipinski definition) is 2. The molecule has 202 valence electrons. The van der Waals surface area contributed by atoms with Gasteiger partial charge in [0.2, 0.25) is 0 Å². The van der Waals surface area contributed by atoms with Crippen LogP contribution in [0.3, 0.4) is 0 Å². The van der Waals surface area contributed by atoms with Gasteiger partial charge >= 0.3 is 0 Å². The Morgan fingerprint density at radius 2 is 1.22 bits per heavy atom. The quantitative estimate of drug-likeness (QED) is 0.419. The molecule has 0 spiro atoms. The summed E-state index contributed by atoms with van der Waals surface area (Å²) in [6.07, 6.45) is 1.07. The lowest BCUT2D eigenvalue weighted by molar-refractivity contribution is 0.457. The molecule has 0 N–H and O–H groups in total. The van der Waals surface area contributed by atoms with E-state index in [0.717, 1.165) is 42.6 Å². The van der Waals surface area contributed by atoms with Gasteiger partial charge in [0.15, 0.2) is 11.7 Å². The summed E-state index contributed by atoms with van der Waals surface area (Å²) in [5.41, 5.74) is 7.34. The molecular weight excluding hydrogens is 452 g/mol. The maximum atomic E-state index is 5.46. The lowest BCUT2D eigenvalue weighted by Gasteiger charge is -2.28. The lowest BCUT2D eigenvalue weighted by Crippen LogP contribution is -2.39. The molecule has 0 unspecified atom stereocenters. The fraction of sp³-hybridized carbons (Fsp3) is 0.576. The van der Waals surface area contributed by atoms with E-state index in [0.29, 0.717) is 11.8 Å². The third-order valence-electron chi connectivity index (χ3n) is 7.37. The van der Waals surface area contributed by atoms with Crippen LogP contribution < -0.4 is 0 Å². The van der Waals surface area contributed by atoms with Gasteiger partial charge in [-0.2, -0.15) is 0 Å². The minimum Gasteiger partial charge on any atom is -0.357 e. The van der Waals surface area contributed by atoms with Crippen molar-refractivity contribution in [1.29, 1.82) is 0 Å². The number of likely N-dealkylation sites (N-methyl/N-ethyl adjacent to an activating group) is 2. The van der Waals surface area contributed by atoms with E-state index in [9.17, 15) is 0 Å². The maximum absolute atomic E-state index is 5.46. The van der Waals surface area contributed by atoms with Gasteiger partial charge in [-0.05, 0) is 57.4 Å². The Balaban J connectivity index is 2.35. The van der Waals surface area contributed by atoms with E-state index in [-0.39, 0.29) is 10.8 Å². The van der Waals surface area contributed by atoms with Crippen molar-refractivity contribution in [2.24, 2.45) is 9.98 Å². The number of nitrogens with zero attached hydrogens (tertiary/aromatic N) is 4. The van der Waals surface area contributed by atoms with Crippen LogP contribution in [0.5, 0.6) is 0 Å². The van der Waals surface area contributed by atoms with Crippen molar-refractivity contribution in [1.82, 2.24) is 9.80 Å². The Bertz CT molecular complexity index is 1130. The monoisotopic (exact) mass is 502 g/mol. The van der Waals surface area contributed by atoms with Crippen LogP contribution in [-0.2, 0) is 10.8 Å². The Morgan fingerprint density at radius 3 is 1.68 bits per heavy atom. The molecule has 0 aliphatic carbocycles. The smallest absolute Gasteiger partial charge is 0.172 e. The van der Waals surface area contributed by atoms with E-state index in [1.807, 2.05) is 0 Å². The highest BCUT2D eigenvalue weighted by Gasteiger charge is 2.27. The zero-order valence-corrected chi connectivity index (χ0v) is 25.5. The molecule has 0 aromatic heterocycles. The molecule has 37 heavy (non-hydrogen) atoms. The van der Waals surface area contributed by atoms with Gasteiger partial charge in [-0.25, -0.2) is 9.98 Å². The predicted octanol–water partition coefficient (Wildman–Crippen LogP) is 8.56. The molecule has 1 heterocycles. The molecule has 0 amide bonds. The zero-order valence-electron chi connectivity index (χ0n) is 25.5. The molecule has 0 atom stereocenters. The second-order valence-electron chi connectivity index (χ2n) is 13.4. The van der Waals surface area contributed by atoms with Crippen molar-refractivity contribution < 1.29 is 0 Å². The molecule has 1 fully saturated rings. The summed E-state index contributed by atoms with van der Waals surface area (Å²) in [5, 5.41) is 0. The van der Waals surface area contributed by atoms with Crippen LogP contribution in [-0.4, -0.2) is 48.7 Å². The summed E-state index contributed by atoms with van der Waals surface area (Å²) >= 11 is 0. The first-order valence-corrected chi connectivity index (χ1v) is 14.0. The van der Waals surface area contributed by atoms with Gasteiger partial charge in [0.1, 0.15) is 0 Å². The highest BCUT2D eigenvalue weighted by Crippen LogP contribution is 2.37. The summed E-state index contributed by atoms with van der Waals surface area (Å²) in [6.45, 7) is 24.6. The minimum atomic E-state index is -0.0165. The van der Waals surface area contributed by atoms with E-state index in [4.69, 9.17) is 9.98 Å². The number of benzene rings is 2. The Labute approximate surface area is 226 Å². The van der Waals surface area contributed by atoms with Gasteiger partial charge in [0.05, 0.1) is 11.4 Å². The fourth-order valence-electron chi connectivity index (χ4n) is 4.95. The van der Waals surface area contributed by atoms with E-state index in [2.05, 4.69) is 130 Å².